The summed E-state index contributed by atoms with van der Waals surface area (Å²) in [6.07, 6.45) is 0. The second-order valence-corrected chi connectivity index (χ2v) is 7.72. The zero-order chi connectivity index (χ0) is 16.1. The molecule has 116 valence electrons. The van der Waals surface area contributed by atoms with Crippen LogP contribution in [0.15, 0.2) is 63.4 Å². The third-order valence-electron chi connectivity index (χ3n) is 2.94. The summed E-state index contributed by atoms with van der Waals surface area (Å²) in [5.41, 5.74) is 1.81. The molecule has 7 heteroatoms. The summed E-state index contributed by atoms with van der Waals surface area (Å²) in [5.74, 6) is 0.639. The van der Waals surface area contributed by atoms with E-state index in [2.05, 4.69) is 43.6 Å². The predicted molar refractivity (Wildman–Crippen MR) is 98.0 cm³/mol. The van der Waals surface area contributed by atoms with Crippen molar-refractivity contribution in [3.8, 4) is 0 Å². The molecule has 0 saturated heterocycles. The molecule has 0 fully saturated rings. The Balaban J connectivity index is 1.57. The van der Waals surface area contributed by atoms with Gasteiger partial charge in [0.1, 0.15) is 0 Å². The average molecular weight is 406 g/mol. The Labute approximate surface area is 150 Å². The maximum Gasteiger partial charge on any atom is 0.257 e. The van der Waals surface area contributed by atoms with E-state index in [9.17, 15) is 4.79 Å². The third kappa shape index (κ3) is 4.63. The SMILES string of the molecule is O=C(Nc1nnc(SCc2ccc(Br)cc2)s1)c1ccccc1. The third-order valence-corrected chi connectivity index (χ3v) is 5.51. The summed E-state index contributed by atoms with van der Waals surface area (Å²) >= 11 is 6.40. The molecule has 0 atom stereocenters. The Morgan fingerprint density at radius 3 is 2.57 bits per heavy atom. The second-order valence-electron chi connectivity index (χ2n) is 4.61. The van der Waals surface area contributed by atoms with Gasteiger partial charge in [0.25, 0.3) is 5.91 Å². The van der Waals surface area contributed by atoms with E-state index in [1.807, 2.05) is 30.3 Å². The number of carbonyl (C=O) groups is 1. The van der Waals surface area contributed by atoms with Crippen molar-refractivity contribution in [2.45, 2.75) is 10.1 Å². The van der Waals surface area contributed by atoms with Crippen LogP contribution in [-0.2, 0) is 5.75 Å². The van der Waals surface area contributed by atoms with Crippen molar-refractivity contribution in [3.05, 3.63) is 70.2 Å². The summed E-state index contributed by atoms with van der Waals surface area (Å²) in [7, 11) is 0. The van der Waals surface area contributed by atoms with Crippen LogP contribution in [0.1, 0.15) is 15.9 Å². The first-order valence-corrected chi connectivity index (χ1v) is 9.37. The standard InChI is InChI=1S/C16H12BrN3OS2/c17-13-8-6-11(7-9-13)10-22-16-20-19-15(23-16)18-14(21)12-4-2-1-3-5-12/h1-9H,10H2,(H,18,19,21). The van der Waals surface area contributed by atoms with Crippen molar-refractivity contribution >= 4 is 50.1 Å². The zero-order valence-electron chi connectivity index (χ0n) is 11.9. The zero-order valence-corrected chi connectivity index (χ0v) is 15.1. The number of halogens is 1. The molecule has 1 N–H and O–H groups in total. The summed E-state index contributed by atoms with van der Waals surface area (Å²) < 4.78 is 1.89. The maximum absolute atomic E-state index is 12.1. The van der Waals surface area contributed by atoms with Crippen LogP contribution in [0.5, 0.6) is 0 Å². The van der Waals surface area contributed by atoms with Gasteiger partial charge in [-0.15, -0.1) is 10.2 Å². The molecule has 0 aliphatic carbocycles. The molecule has 3 rings (SSSR count). The smallest absolute Gasteiger partial charge is 0.257 e. The van der Waals surface area contributed by atoms with Gasteiger partial charge in [-0.25, -0.2) is 0 Å². The van der Waals surface area contributed by atoms with Gasteiger partial charge in [-0.3, -0.25) is 10.1 Å². The van der Waals surface area contributed by atoms with Gasteiger partial charge in [0.15, 0.2) is 4.34 Å². The molecule has 0 unspecified atom stereocenters. The van der Waals surface area contributed by atoms with Gasteiger partial charge in [-0.1, -0.05) is 69.4 Å². The maximum atomic E-state index is 12.1. The van der Waals surface area contributed by atoms with Crippen LogP contribution < -0.4 is 5.32 Å². The molecular weight excluding hydrogens is 394 g/mol. The quantitative estimate of drug-likeness (QED) is 0.487. The number of amides is 1. The lowest BCUT2D eigenvalue weighted by Gasteiger charge is -2.00. The first-order chi connectivity index (χ1) is 11.2. The number of hydrogen-bond donors (Lipinski definition) is 1. The van der Waals surface area contributed by atoms with Gasteiger partial charge in [-0.05, 0) is 29.8 Å². The highest BCUT2D eigenvalue weighted by molar-refractivity contribution is 9.10. The van der Waals surface area contributed by atoms with Gasteiger partial charge in [-0.2, -0.15) is 0 Å². The van der Waals surface area contributed by atoms with E-state index in [4.69, 9.17) is 0 Å². The van der Waals surface area contributed by atoms with Crippen molar-refractivity contribution in [2.24, 2.45) is 0 Å². The van der Waals surface area contributed by atoms with E-state index in [-0.39, 0.29) is 5.91 Å². The Kier molecular flexibility index (Phi) is 5.43. The Morgan fingerprint density at radius 1 is 1.09 bits per heavy atom. The summed E-state index contributed by atoms with van der Waals surface area (Å²) in [5, 5.41) is 11.4. The normalized spacial score (nSPS) is 10.5. The van der Waals surface area contributed by atoms with Crippen LogP contribution in [0.3, 0.4) is 0 Å². The van der Waals surface area contributed by atoms with Crippen LogP contribution in [0.25, 0.3) is 0 Å². The predicted octanol–water partition coefficient (Wildman–Crippen LogP) is 4.85. The van der Waals surface area contributed by atoms with Gasteiger partial charge in [0, 0.05) is 15.8 Å². The van der Waals surface area contributed by atoms with Crippen molar-refractivity contribution in [2.75, 3.05) is 5.32 Å². The highest BCUT2D eigenvalue weighted by Gasteiger charge is 2.10. The fourth-order valence-electron chi connectivity index (χ4n) is 1.80. The van der Waals surface area contributed by atoms with Gasteiger partial charge in [0.05, 0.1) is 0 Å². The Morgan fingerprint density at radius 2 is 1.83 bits per heavy atom. The lowest BCUT2D eigenvalue weighted by atomic mass is 10.2. The van der Waals surface area contributed by atoms with Crippen molar-refractivity contribution in [1.82, 2.24) is 10.2 Å². The molecule has 1 heterocycles. The average Bonchev–Trinajstić information content (AvgIpc) is 3.02. The molecule has 1 amide bonds. The van der Waals surface area contributed by atoms with E-state index < -0.39 is 0 Å². The Hall–Kier alpha value is -1.70. The summed E-state index contributed by atoms with van der Waals surface area (Å²) in [4.78, 5) is 12.1. The molecular formula is C16H12BrN3OS2. The van der Waals surface area contributed by atoms with Crippen LogP contribution in [0.2, 0.25) is 0 Å². The fraction of sp³-hybridized carbons (Fsp3) is 0.0625. The molecule has 23 heavy (non-hydrogen) atoms. The summed E-state index contributed by atoms with van der Waals surface area (Å²) in [6.45, 7) is 0. The lowest BCUT2D eigenvalue weighted by molar-refractivity contribution is 0.102. The van der Waals surface area contributed by atoms with Crippen LogP contribution >= 0.6 is 39.0 Å². The molecule has 0 saturated carbocycles. The van der Waals surface area contributed by atoms with Crippen molar-refractivity contribution in [3.63, 3.8) is 0 Å². The number of hydrogen-bond acceptors (Lipinski definition) is 5. The number of nitrogens with zero attached hydrogens (tertiary/aromatic N) is 2. The van der Waals surface area contributed by atoms with Crippen molar-refractivity contribution < 1.29 is 4.79 Å². The molecule has 2 aromatic carbocycles. The van der Waals surface area contributed by atoms with Crippen molar-refractivity contribution in [1.29, 1.82) is 0 Å². The Bertz CT molecular complexity index is 791. The molecule has 0 bridgehead atoms. The number of carbonyl (C=O) groups excluding carboxylic acids is 1. The number of nitrogens with one attached hydrogen (secondary N) is 1. The molecule has 0 aliphatic heterocycles. The van der Waals surface area contributed by atoms with Gasteiger partial charge >= 0.3 is 0 Å². The molecule has 0 spiro atoms. The first-order valence-electron chi connectivity index (χ1n) is 6.78. The van der Waals surface area contributed by atoms with E-state index in [1.165, 1.54) is 16.9 Å². The van der Waals surface area contributed by atoms with Crippen LogP contribution in [0.4, 0.5) is 5.13 Å². The minimum absolute atomic E-state index is 0.175. The molecule has 0 radical (unpaired) electrons. The topological polar surface area (TPSA) is 54.9 Å². The first kappa shape index (κ1) is 16.2. The number of anilines is 1. The molecule has 3 aromatic rings. The minimum Gasteiger partial charge on any atom is -0.296 e. The van der Waals surface area contributed by atoms with E-state index in [0.717, 1.165) is 14.6 Å². The van der Waals surface area contributed by atoms with E-state index in [1.54, 1.807) is 23.9 Å². The van der Waals surface area contributed by atoms with Crippen LogP contribution in [0, 0.1) is 0 Å². The highest BCUT2D eigenvalue weighted by atomic mass is 79.9. The van der Waals surface area contributed by atoms with Crippen LogP contribution in [-0.4, -0.2) is 16.1 Å². The van der Waals surface area contributed by atoms with Gasteiger partial charge < -0.3 is 0 Å². The number of aromatic nitrogens is 2. The fourth-order valence-corrected chi connectivity index (χ4v) is 3.77. The molecule has 4 nitrogen and oxygen atoms in total. The van der Waals surface area contributed by atoms with E-state index in [0.29, 0.717) is 10.7 Å². The second kappa shape index (κ2) is 7.72. The van der Waals surface area contributed by atoms with Gasteiger partial charge in [0.2, 0.25) is 5.13 Å². The number of rotatable bonds is 5. The minimum atomic E-state index is -0.175. The summed E-state index contributed by atoms with van der Waals surface area (Å²) in [6, 6.07) is 17.2. The monoisotopic (exact) mass is 405 g/mol. The number of benzene rings is 2. The molecule has 0 aliphatic rings. The number of thioether (sulfide) groups is 1. The lowest BCUT2D eigenvalue weighted by Crippen LogP contribution is -2.11. The molecule has 1 aromatic heterocycles. The largest absolute Gasteiger partial charge is 0.296 e. The van der Waals surface area contributed by atoms with E-state index >= 15 is 0 Å². The highest BCUT2D eigenvalue weighted by Crippen LogP contribution is 2.28.